The Morgan fingerprint density at radius 2 is 2.00 bits per heavy atom. The van der Waals surface area contributed by atoms with Crippen LogP contribution in [0.2, 0.25) is 0 Å². The van der Waals surface area contributed by atoms with Gasteiger partial charge in [0, 0.05) is 20.6 Å². The third kappa shape index (κ3) is 5.29. The summed E-state index contributed by atoms with van der Waals surface area (Å²) in [5.41, 5.74) is 2.42. The Balaban J connectivity index is 1.76. The molecular weight excluding hydrogens is 382 g/mol. The van der Waals surface area contributed by atoms with E-state index in [0.29, 0.717) is 12.4 Å². The van der Waals surface area contributed by atoms with Gasteiger partial charge in [-0.05, 0) is 38.5 Å². The van der Waals surface area contributed by atoms with Gasteiger partial charge in [-0.15, -0.1) is 0 Å². The summed E-state index contributed by atoms with van der Waals surface area (Å²) in [7, 11) is 3.56. The molecule has 0 atom stereocenters. The van der Waals surface area contributed by atoms with Gasteiger partial charge < -0.3 is 14.4 Å². The first-order valence-electron chi connectivity index (χ1n) is 10.9. The Morgan fingerprint density at radius 3 is 2.70 bits per heavy atom. The van der Waals surface area contributed by atoms with Crippen molar-refractivity contribution in [3.63, 3.8) is 0 Å². The minimum absolute atomic E-state index is 0.115. The lowest BCUT2D eigenvalue weighted by Gasteiger charge is -2.23. The highest BCUT2D eigenvalue weighted by molar-refractivity contribution is 5.67. The van der Waals surface area contributed by atoms with Crippen LogP contribution in [0.15, 0.2) is 12.4 Å². The molecule has 0 N–H and O–H groups in total. The standard InChI is InChI=1S/C22H33N5O3/c1-5-12-26(3)22(28)29-15-19-17(13-24-27(19)4)21-23-14-20(18(6-2)25-21)30-16-10-8-7-9-11-16/h13-14,16H,5-12,15H2,1-4H3. The van der Waals surface area contributed by atoms with Crippen molar-refractivity contribution in [2.45, 2.75) is 71.5 Å². The van der Waals surface area contributed by atoms with Crippen LogP contribution in [-0.2, 0) is 24.8 Å². The molecule has 0 bridgehead atoms. The largest absolute Gasteiger partial charge is 0.487 e. The number of rotatable bonds is 8. The van der Waals surface area contributed by atoms with Gasteiger partial charge in [0.15, 0.2) is 11.6 Å². The van der Waals surface area contributed by atoms with E-state index < -0.39 is 0 Å². The van der Waals surface area contributed by atoms with E-state index in [-0.39, 0.29) is 18.8 Å². The summed E-state index contributed by atoms with van der Waals surface area (Å²) in [6, 6.07) is 0. The van der Waals surface area contributed by atoms with Crippen LogP contribution in [-0.4, -0.2) is 50.4 Å². The number of hydrogen-bond donors (Lipinski definition) is 0. The second kappa shape index (κ2) is 10.4. The summed E-state index contributed by atoms with van der Waals surface area (Å²) in [5.74, 6) is 1.34. The number of nitrogens with zero attached hydrogens (tertiary/aromatic N) is 5. The van der Waals surface area contributed by atoms with Gasteiger partial charge in [-0.3, -0.25) is 4.68 Å². The minimum atomic E-state index is -0.351. The van der Waals surface area contributed by atoms with Crippen LogP contribution in [0.25, 0.3) is 11.4 Å². The molecule has 0 aliphatic heterocycles. The predicted molar refractivity (Wildman–Crippen MR) is 114 cm³/mol. The van der Waals surface area contributed by atoms with E-state index in [1.54, 1.807) is 29.0 Å². The third-order valence-corrected chi connectivity index (χ3v) is 5.52. The van der Waals surface area contributed by atoms with Crippen LogP contribution in [0.4, 0.5) is 4.79 Å². The Bertz CT molecular complexity index is 845. The van der Waals surface area contributed by atoms with Gasteiger partial charge >= 0.3 is 6.09 Å². The molecule has 2 aromatic heterocycles. The zero-order valence-electron chi connectivity index (χ0n) is 18.6. The summed E-state index contributed by atoms with van der Waals surface area (Å²) >= 11 is 0. The molecule has 164 valence electrons. The zero-order chi connectivity index (χ0) is 21.5. The van der Waals surface area contributed by atoms with Crippen LogP contribution in [0, 0.1) is 0 Å². The lowest BCUT2D eigenvalue weighted by molar-refractivity contribution is 0.103. The first-order valence-corrected chi connectivity index (χ1v) is 10.9. The lowest BCUT2D eigenvalue weighted by atomic mass is 9.98. The highest BCUT2D eigenvalue weighted by Gasteiger charge is 2.20. The molecule has 0 aromatic carbocycles. The van der Waals surface area contributed by atoms with E-state index in [2.05, 4.69) is 17.0 Å². The third-order valence-electron chi connectivity index (χ3n) is 5.52. The van der Waals surface area contributed by atoms with Gasteiger partial charge in [-0.1, -0.05) is 20.3 Å². The van der Waals surface area contributed by atoms with E-state index in [0.717, 1.165) is 48.4 Å². The molecule has 1 aliphatic carbocycles. The Kier molecular flexibility index (Phi) is 7.65. The van der Waals surface area contributed by atoms with Gasteiger partial charge in [0.1, 0.15) is 6.61 Å². The number of carbonyl (C=O) groups is 1. The summed E-state index contributed by atoms with van der Waals surface area (Å²) < 4.78 is 13.4. The molecule has 30 heavy (non-hydrogen) atoms. The first-order chi connectivity index (χ1) is 14.5. The zero-order valence-corrected chi connectivity index (χ0v) is 18.6. The number of ether oxygens (including phenoxy) is 2. The van der Waals surface area contributed by atoms with Crippen molar-refractivity contribution >= 4 is 6.09 Å². The molecule has 2 heterocycles. The Labute approximate surface area is 178 Å². The second-order valence-electron chi connectivity index (χ2n) is 7.84. The molecule has 2 aromatic rings. The normalized spacial score (nSPS) is 14.5. The highest BCUT2D eigenvalue weighted by Crippen LogP contribution is 2.28. The van der Waals surface area contributed by atoms with Gasteiger partial charge in [0.2, 0.25) is 0 Å². The Hall–Kier alpha value is -2.64. The van der Waals surface area contributed by atoms with Crippen LogP contribution in [0.5, 0.6) is 5.75 Å². The topological polar surface area (TPSA) is 82.4 Å². The maximum Gasteiger partial charge on any atom is 0.409 e. The van der Waals surface area contributed by atoms with E-state index >= 15 is 0 Å². The van der Waals surface area contributed by atoms with Crippen molar-refractivity contribution in [2.75, 3.05) is 13.6 Å². The van der Waals surface area contributed by atoms with Gasteiger partial charge in [-0.25, -0.2) is 14.8 Å². The molecule has 1 aliphatic rings. The molecule has 8 heteroatoms. The molecule has 1 saturated carbocycles. The maximum absolute atomic E-state index is 12.1. The fraction of sp³-hybridized carbons (Fsp3) is 0.636. The average molecular weight is 416 g/mol. The number of aryl methyl sites for hydroxylation is 2. The maximum atomic E-state index is 12.1. The van der Waals surface area contributed by atoms with Crippen LogP contribution >= 0.6 is 0 Å². The molecular formula is C22H33N5O3. The van der Waals surface area contributed by atoms with E-state index in [4.69, 9.17) is 14.5 Å². The SMILES string of the molecule is CCCN(C)C(=O)OCc1c(-c2ncc(OC3CCCCC3)c(CC)n2)cnn1C. The number of amides is 1. The number of carbonyl (C=O) groups excluding carboxylic acids is 1. The van der Waals surface area contributed by atoms with Crippen LogP contribution in [0.3, 0.4) is 0 Å². The second-order valence-corrected chi connectivity index (χ2v) is 7.84. The molecule has 1 amide bonds. The van der Waals surface area contributed by atoms with Crippen molar-refractivity contribution in [3.05, 3.63) is 23.8 Å². The first kappa shape index (κ1) is 22.1. The smallest absolute Gasteiger partial charge is 0.409 e. The summed E-state index contributed by atoms with van der Waals surface area (Å²) in [6.07, 6.45) is 10.9. The average Bonchev–Trinajstić information content (AvgIpc) is 3.13. The van der Waals surface area contributed by atoms with Crippen molar-refractivity contribution in [1.29, 1.82) is 0 Å². The van der Waals surface area contributed by atoms with Gasteiger partial charge in [0.25, 0.3) is 0 Å². The summed E-state index contributed by atoms with van der Waals surface area (Å²) in [6.45, 7) is 4.86. The molecule has 0 spiro atoms. The van der Waals surface area contributed by atoms with Gasteiger partial charge in [0.05, 0.1) is 35.4 Å². The van der Waals surface area contributed by atoms with Crippen molar-refractivity contribution in [2.24, 2.45) is 7.05 Å². The predicted octanol–water partition coefficient (Wildman–Crippen LogP) is 4.13. The number of aromatic nitrogens is 4. The van der Waals surface area contributed by atoms with Crippen molar-refractivity contribution < 1.29 is 14.3 Å². The molecule has 8 nitrogen and oxygen atoms in total. The quantitative estimate of drug-likeness (QED) is 0.645. The van der Waals surface area contributed by atoms with E-state index in [1.807, 2.05) is 14.0 Å². The molecule has 0 saturated heterocycles. The lowest BCUT2D eigenvalue weighted by Crippen LogP contribution is -2.28. The van der Waals surface area contributed by atoms with E-state index in [9.17, 15) is 4.79 Å². The molecule has 0 radical (unpaired) electrons. The minimum Gasteiger partial charge on any atom is -0.487 e. The summed E-state index contributed by atoms with van der Waals surface area (Å²) in [5, 5.41) is 4.32. The molecule has 1 fully saturated rings. The van der Waals surface area contributed by atoms with Crippen LogP contribution < -0.4 is 4.74 Å². The Morgan fingerprint density at radius 1 is 1.23 bits per heavy atom. The fourth-order valence-corrected chi connectivity index (χ4v) is 3.74. The molecule has 3 rings (SSSR count). The van der Waals surface area contributed by atoms with Gasteiger partial charge in [-0.2, -0.15) is 5.10 Å². The highest BCUT2D eigenvalue weighted by atomic mass is 16.6. The molecule has 0 unspecified atom stereocenters. The summed E-state index contributed by atoms with van der Waals surface area (Å²) in [4.78, 5) is 23.0. The van der Waals surface area contributed by atoms with E-state index in [1.165, 1.54) is 19.3 Å². The number of hydrogen-bond acceptors (Lipinski definition) is 6. The van der Waals surface area contributed by atoms with Crippen molar-refractivity contribution in [1.82, 2.24) is 24.6 Å². The monoisotopic (exact) mass is 415 g/mol. The van der Waals surface area contributed by atoms with Crippen molar-refractivity contribution in [3.8, 4) is 17.1 Å². The fourth-order valence-electron chi connectivity index (χ4n) is 3.74. The van der Waals surface area contributed by atoms with Crippen LogP contribution in [0.1, 0.15) is 63.8 Å².